The third-order valence-corrected chi connectivity index (χ3v) is 5.76. The van der Waals surface area contributed by atoms with Gasteiger partial charge in [-0.25, -0.2) is 8.42 Å². The van der Waals surface area contributed by atoms with E-state index >= 15 is 0 Å². The Morgan fingerprint density at radius 2 is 1.95 bits per heavy atom. The van der Waals surface area contributed by atoms with Crippen molar-refractivity contribution in [2.24, 2.45) is 0 Å². The van der Waals surface area contributed by atoms with E-state index in [4.69, 9.17) is 12.2 Å². The van der Waals surface area contributed by atoms with E-state index in [0.29, 0.717) is 10.7 Å². The lowest BCUT2D eigenvalue weighted by atomic mass is 10.1. The van der Waals surface area contributed by atoms with E-state index in [9.17, 15) is 13.2 Å². The first-order valence-corrected chi connectivity index (χ1v) is 8.51. The van der Waals surface area contributed by atoms with Crippen molar-refractivity contribution in [2.45, 2.75) is 19.0 Å². The molecule has 0 aliphatic carbocycles. The largest absolute Gasteiger partial charge is 0.356 e. The monoisotopic (exact) mass is 310 g/mol. The number of ketones is 1. The number of hydrogen-bond donors (Lipinski definition) is 1. The highest BCUT2D eigenvalue weighted by Crippen LogP contribution is 2.29. The Hall–Kier alpha value is -1.47. The molecular formula is C13H14N2O3S2. The first-order valence-electron chi connectivity index (χ1n) is 6.28. The maximum Gasteiger partial charge on any atom is 0.174 e. The normalized spacial score (nSPS) is 27.2. The highest BCUT2D eigenvalue weighted by atomic mass is 32.2. The molecule has 0 saturated carbocycles. The van der Waals surface area contributed by atoms with Crippen LogP contribution in [0.2, 0.25) is 0 Å². The summed E-state index contributed by atoms with van der Waals surface area (Å²) >= 11 is 5.29. The lowest BCUT2D eigenvalue weighted by molar-refractivity contribution is 0.101. The fourth-order valence-electron chi connectivity index (χ4n) is 2.77. The van der Waals surface area contributed by atoms with Crippen LogP contribution >= 0.6 is 12.2 Å². The van der Waals surface area contributed by atoms with Crippen molar-refractivity contribution in [3.63, 3.8) is 0 Å². The van der Waals surface area contributed by atoms with Gasteiger partial charge >= 0.3 is 0 Å². The van der Waals surface area contributed by atoms with Gasteiger partial charge in [0.15, 0.2) is 20.7 Å². The molecule has 5 nitrogen and oxygen atoms in total. The second-order valence-electron chi connectivity index (χ2n) is 5.17. The fourth-order valence-corrected chi connectivity index (χ4v) is 5.05. The molecule has 1 aromatic carbocycles. The highest BCUT2D eigenvalue weighted by molar-refractivity contribution is 7.91. The minimum Gasteiger partial charge on any atom is -0.356 e. The van der Waals surface area contributed by atoms with E-state index in [-0.39, 0.29) is 29.4 Å². The van der Waals surface area contributed by atoms with E-state index in [1.165, 1.54) is 6.92 Å². The molecule has 3 rings (SSSR count). The van der Waals surface area contributed by atoms with Gasteiger partial charge in [0, 0.05) is 11.3 Å². The fraction of sp³-hybridized carbons (Fsp3) is 0.385. The second-order valence-corrected chi connectivity index (χ2v) is 7.71. The molecule has 2 aliphatic rings. The Balaban J connectivity index is 1.93. The van der Waals surface area contributed by atoms with Crippen molar-refractivity contribution in [1.82, 2.24) is 5.32 Å². The van der Waals surface area contributed by atoms with E-state index in [1.54, 1.807) is 24.3 Å². The van der Waals surface area contributed by atoms with E-state index in [2.05, 4.69) is 5.32 Å². The number of Topliss-reactive ketones (excluding diaryl/α,β-unsaturated/α-hetero) is 1. The Kier molecular flexibility index (Phi) is 3.06. The summed E-state index contributed by atoms with van der Waals surface area (Å²) < 4.78 is 23.4. The quantitative estimate of drug-likeness (QED) is 0.642. The molecular weight excluding hydrogens is 296 g/mol. The maximum atomic E-state index is 11.7. The molecule has 1 N–H and O–H groups in total. The van der Waals surface area contributed by atoms with Crippen LogP contribution in [0, 0.1) is 0 Å². The van der Waals surface area contributed by atoms with E-state index < -0.39 is 9.84 Å². The topological polar surface area (TPSA) is 66.5 Å². The van der Waals surface area contributed by atoms with E-state index in [1.807, 2.05) is 4.90 Å². The van der Waals surface area contributed by atoms with Crippen LogP contribution in [0.3, 0.4) is 0 Å². The van der Waals surface area contributed by atoms with Crippen molar-refractivity contribution in [2.75, 3.05) is 16.4 Å². The number of sulfone groups is 1. The van der Waals surface area contributed by atoms with Crippen molar-refractivity contribution in [1.29, 1.82) is 0 Å². The molecule has 0 spiro atoms. The average Bonchev–Trinajstić information content (AvgIpc) is 2.79. The highest BCUT2D eigenvalue weighted by Gasteiger charge is 2.47. The van der Waals surface area contributed by atoms with Gasteiger partial charge in [0.25, 0.3) is 0 Å². The van der Waals surface area contributed by atoms with Crippen molar-refractivity contribution < 1.29 is 13.2 Å². The first-order chi connectivity index (χ1) is 9.37. The number of carbonyl (C=O) groups excluding carboxylic acids is 1. The number of rotatable bonds is 2. The molecule has 7 heteroatoms. The van der Waals surface area contributed by atoms with Crippen molar-refractivity contribution >= 4 is 38.6 Å². The standard InChI is InChI=1S/C13H14N2O3S2/c1-8(16)9-2-4-10(5-3-9)15-12-7-20(17,18)6-11(12)14-13(15)19/h2-5,11-12H,6-7H2,1H3,(H,14,19). The number of anilines is 1. The molecule has 0 radical (unpaired) electrons. The van der Waals surface area contributed by atoms with Crippen LogP contribution in [-0.2, 0) is 9.84 Å². The molecule has 0 bridgehead atoms. The Bertz CT molecular complexity index is 682. The predicted molar refractivity (Wildman–Crippen MR) is 80.9 cm³/mol. The molecule has 2 saturated heterocycles. The summed E-state index contributed by atoms with van der Waals surface area (Å²) in [6.07, 6.45) is 0. The predicted octanol–water partition coefficient (Wildman–Crippen LogP) is 0.749. The van der Waals surface area contributed by atoms with Crippen LogP contribution in [0.1, 0.15) is 17.3 Å². The van der Waals surface area contributed by atoms with Crippen LogP contribution in [-0.4, -0.2) is 42.9 Å². The Morgan fingerprint density at radius 1 is 1.30 bits per heavy atom. The van der Waals surface area contributed by atoms with Gasteiger partial charge < -0.3 is 10.2 Å². The summed E-state index contributed by atoms with van der Waals surface area (Å²) in [4.78, 5) is 13.1. The zero-order valence-corrected chi connectivity index (χ0v) is 12.5. The van der Waals surface area contributed by atoms with E-state index in [0.717, 1.165) is 5.69 Å². The molecule has 0 aromatic heterocycles. The lowest BCUT2D eigenvalue weighted by Crippen LogP contribution is -2.36. The Morgan fingerprint density at radius 3 is 2.55 bits per heavy atom. The summed E-state index contributed by atoms with van der Waals surface area (Å²) in [5.74, 6) is 0.235. The molecule has 1 aromatic rings. The number of hydrogen-bond acceptors (Lipinski definition) is 4. The van der Waals surface area contributed by atoms with Gasteiger partial charge in [-0.2, -0.15) is 0 Å². The van der Waals surface area contributed by atoms with Gasteiger partial charge in [-0.1, -0.05) is 0 Å². The van der Waals surface area contributed by atoms with Crippen molar-refractivity contribution in [3.8, 4) is 0 Å². The van der Waals surface area contributed by atoms with Gasteiger partial charge in [-0.15, -0.1) is 0 Å². The molecule has 20 heavy (non-hydrogen) atoms. The summed E-state index contributed by atoms with van der Waals surface area (Å²) in [5.41, 5.74) is 1.44. The third-order valence-electron chi connectivity index (χ3n) is 3.73. The van der Waals surface area contributed by atoms with Crippen LogP contribution in [0.4, 0.5) is 5.69 Å². The zero-order chi connectivity index (χ0) is 14.5. The molecule has 2 fully saturated rings. The molecule has 0 amide bonds. The number of fused-ring (bicyclic) bond motifs is 1. The smallest absolute Gasteiger partial charge is 0.174 e. The molecule has 106 valence electrons. The summed E-state index contributed by atoms with van der Waals surface area (Å²) in [5, 5.41) is 3.62. The molecule has 2 atom stereocenters. The summed E-state index contributed by atoms with van der Waals surface area (Å²) in [6.45, 7) is 1.51. The number of benzene rings is 1. The molecule has 2 unspecified atom stereocenters. The summed E-state index contributed by atoms with van der Waals surface area (Å²) in [6, 6.07) is 6.78. The van der Waals surface area contributed by atoms with Crippen LogP contribution in [0.5, 0.6) is 0 Å². The van der Waals surface area contributed by atoms with Gasteiger partial charge in [-0.3, -0.25) is 4.79 Å². The summed E-state index contributed by atoms with van der Waals surface area (Å²) in [7, 11) is -3.01. The van der Waals surface area contributed by atoms with Crippen LogP contribution in [0.25, 0.3) is 0 Å². The van der Waals surface area contributed by atoms with Gasteiger partial charge in [0.1, 0.15) is 0 Å². The van der Waals surface area contributed by atoms with Gasteiger partial charge in [0.2, 0.25) is 0 Å². The van der Waals surface area contributed by atoms with Gasteiger partial charge in [0.05, 0.1) is 23.6 Å². The first kappa shape index (κ1) is 13.5. The minimum absolute atomic E-state index is 0.00000541. The minimum atomic E-state index is -3.01. The number of carbonyl (C=O) groups is 1. The van der Waals surface area contributed by atoms with Gasteiger partial charge in [-0.05, 0) is 43.4 Å². The lowest BCUT2D eigenvalue weighted by Gasteiger charge is -2.23. The number of nitrogens with zero attached hydrogens (tertiary/aromatic N) is 1. The van der Waals surface area contributed by atoms with Crippen LogP contribution < -0.4 is 10.2 Å². The number of nitrogens with one attached hydrogen (secondary N) is 1. The Labute approximate surface area is 122 Å². The molecule has 2 aliphatic heterocycles. The van der Waals surface area contributed by atoms with Crippen molar-refractivity contribution in [3.05, 3.63) is 29.8 Å². The SMILES string of the molecule is CC(=O)c1ccc(N2C(=S)NC3CS(=O)(=O)CC32)cc1. The maximum absolute atomic E-state index is 11.7. The number of thiocarbonyl (C=S) groups is 1. The average molecular weight is 310 g/mol. The molecule has 2 heterocycles. The third kappa shape index (κ3) is 2.20. The zero-order valence-electron chi connectivity index (χ0n) is 10.9. The van der Waals surface area contributed by atoms with Crippen LogP contribution in [0.15, 0.2) is 24.3 Å². The second kappa shape index (κ2) is 4.53.